The van der Waals surface area contributed by atoms with E-state index in [1.54, 1.807) is 0 Å². The summed E-state index contributed by atoms with van der Waals surface area (Å²) in [6, 6.07) is 18.6. The highest BCUT2D eigenvalue weighted by atomic mass is 16.6. The lowest BCUT2D eigenvalue weighted by Gasteiger charge is -2.20. The van der Waals surface area contributed by atoms with Gasteiger partial charge in [-0.1, -0.05) is 30.3 Å². The van der Waals surface area contributed by atoms with Gasteiger partial charge in [-0.3, -0.25) is 4.79 Å². The van der Waals surface area contributed by atoms with E-state index in [1.165, 1.54) is 11.2 Å². The van der Waals surface area contributed by atoms with Gasteiger partial charge >= 0.3 is 5.97 Å². The quantitative estimate of drug-likeness (QED) is 0.556. The predicted octanol–water partition coefficient (Wildman–Crippen LogP) is 5.44. The molecule has 1 aliphatic rings. The molecular formula is C24H27NO3. The Balaban J connectivity index is 1.49. The van der Waals surface area contributed by atoms with Crippen LogP contribution < -0.4 is 4.74 Å². The number of carbonyl (C=O) groups excluding carboxylic acids is 1. The molecule has 0 fully saturated rings. The van der Waals surface area contributed by atoms with Crippen LogP contribution in [0.5, 0.6) is 5.75 Å². The summed E-state index contributed by atoms with van der Waals surface area (Å²) in [5.41, 5.74) is 3.14. The van der Waals surface area contributed by atoms with Gasteiger partial charge in [-0.2, -0.15) is 0 Å². The first-order valence-electron chi connectivity index (χ1n) is 9.91. The second-order valence-electron chi connectivity index (χ2n) is 8.49. The second kappa shape index (κ2) is 7.34. The molecule has 146 valence electrons. The number of carbonyl (C=O) groups is 1. The zero-order valence-electron chi connectivity index (χ0n) is 16.8. The van der Waals surface area contributed by atoms with E-state index in [2.05, 4.69) is 34.9 Å². The summed E-state index contributed by atoms with van der Waals surface area (Å²) >= 11 is 0. The summed E-state index contributed by atoms with van der Waals surface area (Å²) in [5.74, 6) is 0.961. The third-order valence-corrected chi connectivity index (χ3v) is 5.11. The predicted molar refractivity (Wildman–Crippen MR) is 111 cm³/mol. The van der Waals surface area contributed by atoms with Gasteiger partial charge in [0.15, 0.2) is 0 Å². The highest BCUT2D eigenvalue weighted by molar-refractivity contribution is 5.84. The first-order chi connectivity index (χ1) is 13.4. The van der Waals surface area contributed by atoms with E-state index >= 15 is 0 Å². The van der Waals surface area contributed by atoms with Gasteiger partial charge in [-0.05, 0) is 57.0 Å². The Kier molecular flexibility index (Phi) is 4.88. The number of rotatable bonds is 5. The van der Waals surface area contributed by atoms with Crippen molar-refractivity contribution in [3.63, 3.8) is 0 Å². The van der Waals surface area contributed by atoms with E-state index in [1.807, 2.05) is 45.0 Å². The molecule has 2 heterocycles. The number of aromatic nitrogens is 1. The van der Waals surface area contributed by atoms with Crippen molar-refractivity contribution in [2.24, 2.45) is 0 Å². The van der Waals surface area contributed by atoms with Crippen molar-refractivity contribution >= 4 is 16.9 Å². The van der Waals surface area contributed by atoms with Gasteiger partial charge in [-0.15, -0.1) is 0 Å². The lowest BCUT2D eigenvalue weighted by molar-refractivity contribution is -0.155. The molecule has 1 aromatic heterocycles. The maximum atomic E-state index is 12.3. The third-order valence-electron chi connectivity index (χ3n) is 5.11. The van der Waals surface area contributed by atoms with Gasteiger partial charge in [0, 0.05) is 29.1 Å². The molecule has 0 radical (unpaired) electrons. The molecule has 28 heavy (non-hydrogen) atoms. The molecule has 1 aliphatic heterocycles. The molecule has 0 amide bonds. The lowest BCUT2D eigenvalue weighted by Crippen LogP contribution is -2.24. The van der Waals surface area contributed by atoms with Gasteiger partial charge < -0.3 is 14.0 Å². The standard InChI is InChI=1S/C24H27NO3/c1-24(2,3)28-23(26)15-18-11-12-25-21-10-9-20(13-19(21)14-22(18)25)27-16-17-7-5-4-6-8-17/h4-10,13-14,18H,11-12,15-16H2,1-3H3/t18-/m1/s1. The summed E-state index contributed by atoms with van der Waals surface area (Å²) in [6.45, 7) is 7.23. The number of ether oxygens (including phenoxy) is 2. The van der Waals surface area contributed by atoms with Crippen molar-refractivity contribution in [1.29, 1.82) is 0 Å². The Morgan fingerprint density at radius 2 is 1.89 bits per heavy atom. The average molecular weight is 377 g/mol. The number of aryl methyl sites for hydroxylation is 1. The SMILES string of the molecule is CC(C)(C)OC(=O)C[C@H]1CCn2c1cc1cc(OCc3ccccc3)ccc12. The molecule has 0 saturated carbocycles. The van der Waals surface area contributed by atoms with E-state index < -0.39 is 5.60 Å². The van der Waals surface area contributed by atoms with E-state index in [9.17, 15) is 4.79 Å². The number of nitrogens with zero attached hydrogens (tertiary/aromatic N) is 1. The Morgan fingerprint density at radius 3 is 2.64 bits per heavy atom. The van der Waals surface area contributed by atoms with Crippen LogP contribution in [-0.2, 0) is 22.7 Å². The summed E-state index contributed by atoms with van der Waals surface area (Å²) in [4.78, 5) is 12.3. The Bertz CT molecular complexity index is 982. The molecule has 0 N–H and O–H groups in total. The van der Waals surface area contributed by atoms with Crippen LogP contribution in [0.25, 0.3) is 10.9 Å². The highest BCUT2D eigenvalue weighted by Gasteiger charge is 2.28. The van der Waals surface area contributed by atoms with Gasteiger partial charge in [0.2, 0.25) is 0 Å². The molecule has 0 saturated heterocycles. The van der Waals surface area contributed by atoms with E-state index in [4.69, 9.17) is 9.47 Å². The van der Waals surface area contributed by atoms with Crippen molar-refractivity contribution in [3.8, 4) is 5.75 Å². The van der Waals surface area contributed by atoms with Crippen molar-refractivity contribution in [2.45, 2.75) is 58.3 Å². The van der Waals surface area contributed by atoms with Crippen LogP contribution in [0.2, 0.25) is 0 Å². The van der Waals surface area contributed by atoms with Gasteiger partial charge in [0.05, 0.1) is 6.42 Å². The molecule has 0 spiro atoms. The molecule has 4 rings (SSSR count). The minimum absolute atomic E-state index is 0.122. The topological polar surface area (TPSA) is 40.5 Å². The van der Waals surface area contributed by atoms with E-state index in [0.717, 1.165) is 29.7 Å². The van der Waals surface area contributed by atoms with E-state index in [-0.39, 0.29) is 11.9 Å². The molecule has 0 bridgehead atoms. The van der Waals surface area contributed by atoms with Gasteiger partial charge in [0.25, 0.3) is 0 Å². The number of esters is 1. The van der Waals surface area contributed by atoms with Crippen molar-refractivity contribution in [2.75, 3.05) is 0 Å². The second-order valence-corrected chi connectivity index (χ2v) is 8.49. The molecule has 0 unspecified atom stereocenters. The fourth-order valence-corrected chi connectivity index (χ4v) is 3.91. The monoisotopic (exact) mass is 377 g/mol. The molecule has 2 aromatic carbocycles. The van der Waals surface area contributed by atoms with Gasteiger partial charge in [0.1, 0.15) is 18.0 Å². The van der Waals surface area contributed by atoms with E-state index in [0.29, 0.717) is 13.0 Å². The zero-order chi connectivity index (χ0) is 19.7. The smallest absolute Gasteiger partial charge is 0.306 e. The largest absolute Gasteiger partial charge is 0.489 e. The molecular weight excluding hydrogens is 350 g/mol. The van der Waals surface area contributed by atoms with Crippen LogP contribution in [0, 0.1) is 0 Å². The Morgan fingerprint density at radius 1 is 1.11 bits per heavy atom. The lowest BCUT2D eigenvalue weighted by atomic mass is 10.00. The highest BCUT2D eigenvalue weighted by Crippen LogP contribution is 2.37. The fraction of sp³-hybridized carbons (Fsp3) is 0.375. The van der Waals surface area contributed by atoms with Crippen molar-refractivity contribution in [3.05, 3.63) is 65.9 Å². The first-order valence-corrected chi connectivity index (χ1v) is 9.91. The number of hydrogen-bond donors (Lipinski definition) is 0. The normalized spacial score (nSPS) is 16.2. The van der Waals surface area contributed by atoms with Crippen LogP contribution in [0.1, 0.15) is 50.8 Å². The number of fused-ring (bicyclic) bond motifs is 3. The summed E-state index contributed by atoms with van der Waals surface area (Å²) in [7, 11) is 0. The maximum absolute atomic E-state index is 12.3. The summed E-state index contributed by atoms with van der Waals surface area (Å²) < 4.78 is 13.8. The Labute approximate surface area is 166 Å². The number of benzene rings is 2. The van der Waals surface area contributed by atoms with Crippen LogP contribution in [0.4, 0.5) is 0 Å². The van der Waals surface area contributed by atoms with Crippen LogP contribution in [0.3, 0.4) is 0 Å². The van der Waals surface area contributed by atoms with Crippen LogP contribution >= 0.6 is 0 Å². The molecule has 4 heteroatoms. The number of hydrogen-bond acceptors (Lipinski definition) is 3. The average Bonchev–Trinajstić information content (AvgIpc) is 3.18. The van der Waals surface area contributed by atoms with Crippen molar-refractivity contribution in [1.82, 2.24) is 4.57 Å². The molecule has 3 aromatic rings. The molecule has 4 nitrogen and oxygen atoms in total. The fourth-order valence-electron chi connectivity index (χ4n) is 3.91. The van der Waals surface area contributed by atoms with Crippen molar-refractivity contribution < 1.29 is 14.3 Å². The molecule has 1 atom stereocenters. The zero-order valence-corrected chi connectivity index (χ0v) is 16.8. The molecule has 0 aliphatic carbocycles. The minimum atomic E-state index is -0.437. The first kappa shape index (κ1) is 18.6. The maximum Gasteiger partial charge on any atom is 0.306 e. The van der Waals surface area contributed by atoms with Crippen LogP contribution in [-0.4, -0.2) is 16.1 Å². The third kappa shape index (κ3) is 4.06. The minimum Gasteiger partial charge on any atom is -0.489 e. The Hall–Kier alpha value is -2.75. The van der Waals surface area contributed by atoms with Gasteiger partial charge in [-0.25, -0.2) is 0 Å². The summed E-state index contributed by atoms with van der Waals surface area (Å²) in [6.07, 6.45) is 1.42. The van der Waals surface area contributed by atoms with Crippen LogP contribution in [0.15, 0.2) is 54.6 Å². The summed E-state index contributed by atoms with van der Waals surface area (Å²) in [5, 5.41) is 1.16.